The van der Waals surface area contributed by atoms with Gasteiger partial charge in [0.2, 0.25) is 0 Å². The van der Waals surface area contributed by atoms with Crippen molar-refractivity contribution in [2.24, 2.45) is 0 Å². The van der Waals surface area contributed by atoms with Crippen molar-refractivity contribution >= 4 is 0 Å². The summed E-state index contributed by atoms with van der Waals surface area (Å²) < 4.78 is 0. The van der Waals surface area contributed by atoms with Gasteiger partial charge >= 0.3 is 0 Å². The van der Waals surface area contributed by atoms with Crippen LogP contribution in [0.15, 0.2) is 30.3 Å². The van der Waals surface area contributed by atoms with E-state index in [1.54, 1.807) is 0 Å². The quantitative estimate of drug-likeness (QED) is 0.711. The van der Waals surface area contributed by atoms with Crippen molar-refractivity contribution in [3.63, 3.8) is 0 Å². The van der Waals surface area contributed by atoms with Crippen molar-refractivity contribution in [2.45, 2.75) is 12.6 Å². The zero-order valence-electron chi connectivity index (χ0n) is 8.98. The fourth-order valence-electron chi connectivity index (χ4n) is 1.84. The molecule has 0 aromatic heterocycles. The number of likely N-dealkylation sites (N-methyl/N-ethyl adjacent to an activating group) is 1. The molecule has 76 valence electrons. The molecule has 0 N–H and O–H groups in total. The maximum absolute atomic E-state index is 2.49. The average Bonchev–Trinajstić information content (AvgIpc) is 2.12. The maximum Gasteiger partial charge on any atom is 0.0344 e. The molecule has 0 radical (unpaired) electrons. The highest BCUT2D eigenvalue weighted by Gasteiger charge is 2.27. The summed E-state index contributed by atoms with van der Waals surface area (Å²) in [5.41, 5.74) is 1.42. The van der Waals surface area contributed by atoms with Gasteiger partial charge in [0.15, 0.2) is 0 Å². The zero-order valence-corrected chi connectivity index (χ0v) is 8.98. The third kappa shape index (κ3) is 2.14. The Morgan fingerprint density at radius 3 is 2.43 bits per heavy atom. The Labute approximate surface area is 86.1 Å². The van der Waals surface area contributed by atoms with Gasteiger partial charge in [-0.25, -0.2) is 0 Å². The van der Waals surface area contributed by atoms with E-state index < -0.39 is 0 Å². The molecule has 1 aliphatic heterocycles. The Morgan fingerprint density at radius 2 is 1.86 bits per heavy atom. The molecular weight excluding hydrogens is 172 g/mol. The molecule has 1 aromatic rings. The molecule has 1 fully saturated rings. The number of hydrogen-bond acceptors (Lipinski definition) is 2. The van der Waals surface area contributed by atoms with Gasteiger partial charge in [-0.15, -0.1) is 0 Å². The van der Waals surface area contributed by atoms with Gasteiger partial charge in [-0.1, -0.05) is 30.3 Å². The molecule has 2 rings (SSSR count). The van der Waals surface area contributed by atoms with Crippen LogP contribution in [-0.2, 0) is 6.54 Å². The van der Waals surface area contributed by atoms with Gasteiger partial charge in [0.1, 0.15) is 0 Å². The lowest BCUT2D eigenvalue weighted by molar-refractivity contribution is 0.0574. The Morgan fingerprint density at radius 1 is 1.21 bits per heavy atom. The summed E-state index contributed by atoms with van der Waals surface area (Å²) in [7, 11) is 4.31. The minimum atomic E-state index is 0.763. The van der Waals surface area contributed by atoms with Crippen LogP contribution < -0.4 is 0 Å². The molecule has 1 saturated heterocycles. The Balaban J connectivity index is 1.80. The molecule has 0 saturated carbocycles. The Kier molecular flexibility index (Phi) is 2.85. The lowest BCUT2D eigenvalue weighted by Crippen LogP contribution is -2.56. The van der Waals surface area contributed by atoms with Crippen LogP contribution >= 0.6 is 0 Å². The summed E-state index contributed by atoms with van der Waals surface area (Å²) in [5, 5.41) is 0. The van der Waals surface area contributed by atoms with E-state index in [1.165, 1.54) is 18.7 Å². The van der Waals surface area contributed by atoms with Crippen LogP contribution in [0.3, 0.4) is 0 Å². The van der Waals surface area contributed by atoms with Gasteiger partial charge in [0.05, 0.1) is 0 Å². The summed E-state index contributed by atoms with van der Waals surface area (Å²) in [5.74, 6) is 0. The molecule has 1 heterocycles. The van der Waals surface area contributed by atoms with Gasteiger partial charge < -0.3 is 4.90 Å². The van der Waals surface area contributed by atoms with Crippen molar-refractivity contribution in [2.75, 3.05) is 27.2 Å². The standard InChI is InChI=1S/C12H18N2/c1-13(2)12-9-14(10-12)8-11-6-4-3-5-7-11/h3-7,12H,8-10H2,1-2H3. The average molecular weight is 190 g/mol. The predicted molar refractivity (Wildman–Crippen MR) is 59.2 cm³/mol. The minimum Gasteiger partial charge on any atom is -0.304 e. The first-order chi connectivity index (χ1) is 6.75. The van der Waals surface area contributed by atoms with E-state index in [9.17, 15) is 0 Å². The molecule has 1 aliphatic rings. The van der Waals surface area contributed by atoms with Gasteiger partial charge in [-0.3, -0.25) is 4.90 Å². The first-order valence-corrected chi connectivity index (χ1v) is 5.18. The van der Waals surface area contributed by atoms with E-state index in [1.807, 2.05) is 0 Å². The number of nitrogens with zero attached hydrogens (tertiary/aromatic N) is 2. The molecule has 0 spiro atoms. The van der Waals surface area contributed by atoms with Gasteiger partial charge in [0, 0.05) is 25.7 Å². The van der Waals surface area contributed by atoms with Crippen molar-refractivity contribution in [1.29, 1.82) is 0 Å². The summed E-state index contributed by atoms with van der Waals surface area (Å²) in [6.07, 6.45) is 0. The maximum atomic E-state index is 2.49. The smallest absolute Gasteiger partial charge is 0.0344 e. The van der Waals surface area contributed by atoms with Crippen LogP contribution in [-0.4, -0.2) is 43.0 Å². The molecule has 0 aliphatic carbocycles. The second-order valence-corrected chi connectivity index (χ2v) is 4.30. The molecule has 2 nitrogen and oxygen atoms in total. The van der Waals surface area contributed by atoms with Crippen molar-refractivity contribution in [3.05, 3.63) is 35.9 Å². The number of likely N-dealkylation sites (tertiary alicyclic amines) is 1. The van der Waals surface area contributed by atoms with Crippen molar-refractivity contribution in [1.82, 2.24) is 9.80 Å². The SMILES string of the molecule is CN(C)C1CN(Cc2ccccc2)C1. The van der Waals surface area contributed by atoms with Crippen LogP contribution in [0.2, 0.25) is 0 Å². The van der Waals surface area contributed by atoms with Gasteiger partial charge in [-0.2, -0.15) is 0 Å². The topological polar surface area (TPSA) is 6.48 Å². The fraction of sp³-hybridized carbons (Fsp3) is 0.500. The molecule has 0 bridgehead atoms. The molecule has 0 atom stereocenters. The van der Waals surface area contributed by atoms with Crippen LogP contribution in [0.4, 0.5) is 0 Å². The van der Waals surface area contributed by atoms with Crippen LogP contribution in [0.25, 0.3) is 0 Å². The van der Waals surface area contributed by atoms with E-state index in [4.69, 9.17) is 0 Å². The third-order valence-electron chi connectivity index (χ3n) is 2.92. The number of hydrogen-bond donors (Lipinski definition) is 0. The van der Waals surface area contributed by atoms with E-state index in [2.05, 4.69) is 54.2 Å². The summed E-state index contributed by atoms with van der Waals surface area (Å²) in [4.78, 5) is 4.79. The fourth-order valence-corrected chi connectivity index (χ4v) is 1.84. The largest absolute Gasteiger partial charge is 0.304 e. The highest BCUT2D eigenvalue weighted by atomic mass is 15.3. The summed E-state index contributed by atoms with van der Waals surface area (Å²) in [6, 6.07) is 11.4. The van der Waals surface area contributed by atoms with Crippen LogP contribution in [0.1, 0.15) is 5.56 Å². The second-order valence-electron chi connectivity index (χ2n) is 4.30. The van der Waals surface area contributed by atoms with E-state index in [0.717, 1.165) is 12.6 Å². The first kappa shape index (κ1) is 9.69. The molecule has 0 amide bonds. The highest BCUT2D eigenvalue weighted by Crippen LogP contribution is 2.15. The van der Waals surface area contributed by atoms with Crippen molar-refractivity contribution < 1.29 is 0 Å². The third-order valence-corrected chi connectivity index (χ3v) is 2.92. The molecule has 1 aromatic carbocycles. The van der Waals surface area contributed by atoms with Crippen molar-refractivity contribution in [3.8, 4) is 0 Å². The molecule has 14 heavy (non-hydrogen) atoms. The summed E-state index contributed by atoms with van der Waals surface area (Å²) >= 11 is 0. The lowest BCUT2D eigenvalue weighted by atomic mass is 10.1. The number of rotatable bonds is 3. The highest BCUT2D eigenvalue weighted by molar-refractivity contribution is 5.15. The molecule has 0 unspecified atom stereocenters. The minimum absolute atomic E-state index is 0.763. The van der Waals surface area contributed by atoms with Gasteiger partial charge in [-0.05, 0) is 19.7 Å². The second kappa shape index (κ2) is 4.11. The Bertz CT molecular complexity index is 276. The summed E-state index contributed by atoms with van der Waals surface area (Å²) in [6.45, 7) is 3.52. The molecule has 2 heteroatoms. The van der Waals surface area contributed by atoms with Gasteiger partial charge in [0.25, 0.3) is 0 Å². The predicted octanol–water partition coefficient (Wildman–Crippen LogP) is 1.43. The zero-order chi connectivity index (χ0) is 9.97. The number of benzene rings is 1. The lowest BCUT2D eigenvalue weighted by Gasteiger charge is -2.42. The normalized spacial score (nSPS) is 18.5. The van der Waals surface area contributed by atoms with Crippen LogP contribution in [0, 0.1) is 0 Å². The van der Waals surface area contributed by atoms with E-state index in [-0.39, 0.29) is 0 Å². The van der Waals surface area contributed by atoms with E-state index in [0.29, 0.717) is 0 Å². The monoisotopic (exact) mass is 190 g/mol. The first-order valence-electron chi connectivity index (χ1n) is 5.18. The Hall–Kier alpha value is -0.860. The van der Waals surface area contributed by atoms with Crippen LogP contribution in [0.5, 0.6) is 0 Å². The molecular formula is C12H18N2. The van der Waals surface area contributed by atoms with E-state index >= 15 is 0 Å².